The Kier molecular flexibility index (Phi) is 7.05. The van der Waals surface area contributed by atoms with E-state index in [2.05, 4.69) is 180 Å². The molecule has 0 saturated carbocycles. The molecule has 0 N–H and O–H groups in total. The topological polar surface area (TPSA) is 57.0 Å². The van der Waals surface area contributed by atoms with Gasteiger partial charge in [-0.3, -0.25) is 0 Å². The molecule has 0 saturated heterocycles. The van der Waals surface area contributed by atoms with Crippen LogP contribution >= 0.6 is 0 Å². The van der Waals surface area contributed by atoms with Crippen LogP contribution in [-0.4, -0.2) is 14.5 Å². The van der Waals surface area contributed by atoms with Crippen molar-refractivity contribution in [2.75, 3.05) is 0 Å². The minimum absolute atomic E-state index is 0.659. The van der Waals surface area contributed by atoms with E-state index in [1.54, 1.807) is 0 Å². The van der Waals surface area contributed by atoms with Gasteiger partial charge in [0.05, 0.1) is 22.4 Å². The summed E-state index contributed by atoms with van der Waals surface area (Å²) in [7, 11) is 0. The first kappa shape index (κ1) is 34.2. The molecular weight excluding hydrogens is 771 g/mol. The van der Waals surface area contributed by atoms with Crippen LogP contribution in [0.15, 0.2) is 209 Å². The molecule has 0 fully saturated rings. The molecule has 0 aliphatic rings. The standard InChI is InChI=1S/C58H33N3O2/c1-3-11-34(12-4-1)48-33-49(37-22-26-42-41-15-7-8-18-52(41)62-55(42)32-37)60-58(59-48)38-24-28-51-47(31-38)46-30-36(23-27-50(46)61(51)39-13-5-2-6-14-39)35-21-25-40-43-16-9-19-53-56(43)57-44(45(40)29-35)17-10-20-54(57)63-53/h1-33H. The molecule has 4 heterocycles. The van der Waals surface area contributed by atoms with Gasteiger partial charge in [0, 0.05) is 54.7 Å². The molecule has 4 aromatic heterocycles. The van der Waals surface area contributed by atoms with Gasteiger partial charge >= 0.3 is 0 Å². The molecule has 0 aliphatic carbocycles. The lowest BCUT2D eigenvalue weighted by molar-refractivity contribution is 0.669. The molecule has 5 nitrogen and oxygen atoms in total. The Balaban J connectivity index is 0.971. The van der Waals surface area contributed by atoms with Gasteiger partial charge in [0.1, 0.15) is 22.3 Å². The summed E-state index contributed by atoms with van der Waals surface area (Å²) in [5.41, 5.74) is 13.9. The Hall–Kier alpha value is -8.54. The summed E-state index contributed by atoms with van der Waals surface area (Å²) < 4.78 is 15.0. The molecule has 14 rings (SSSR count). The van der Waals surface area contributed by atoms with Crippen LogP contribution in [0.25, 0.3) is 138 Å². The van der Waals surface area contributed by atoms with Crippen molar-refractivity contribution in [1.29, 1.82) is 0 Å². The zero-order chi connectivity index (χ0) is 41.2. The average molecular weight is 804 g/mol. The number of furan rings is 2. The second kappa shape index (κ2) is 13.0. The van der Waals surface area contributed by atoms with Gasteiger partial charge in [-0.2, -0.15) is 0 Å². The summed E-state index contributed by atoms with van der Waals surface area (Å²) in [6.07, 6.45) is 0. The molecule has 0 aliphatic heterocycles. The molecule has 292 valence electrons. The van der Waals surface area contributed by atoms with Crippen LogP contribution in [0.2, 0.25) is 0 Å². The maximum absolute atomic E-state index is 6.34. The Labute approximate surface area is 360 Å². The van der Waals surface area contributed by atoms with Crippen LogP contribution in [0.4, 0.5) is 0 Å². The third kappa shape index (κ3) is 5.11. The smallest absolute Gasteiger partial charge is 0.160 e. The molecule has 0 bridgehead atoms. The minimum Gasteiger partial charge on any atom is -0.456 e. The summed E-state index contributed by atoms with van der Waals surface area (Å²) in [5, 5.41) is 11.8. The number of benzene rings is 10. The normalized spacial score (nSPS) is 12.1. The summed E-state index contributed by atoms with van der Waals surface area (Å²) >= 11 is 0. The van der Waals surface area contributed by atoms with Crippen LogP contribution < -0.4 is 0 Å². The lowest BCUT2D eigenvalue weighted by atomic mass is 9.92. The number of hydrogen-bond acceptors (Lipinski definition) is 4. The molecule has 5 heteroatoms. The molecule has 0 radical (unpaired) electrons. The van der Waals surface area contributed by atoms with Crippen molar-refractivity contribution in [3.05, 3.63) is 200 Å². The highest BCUT2D eigenvalue weighted by Gasteiger charge is 2.20. The van der Waals surface area contributed by atoms with Gasteiger partial charge in [0.2, 0.25) is 0 Å². The van der Waals surface area contributed by atoms with Crippen molar-refractivity contribution in [2.45, 2.75) is 0 Å². The van der Waals surface area contributed by atoms with E-state index >= 15 is 0 Å². The first-order valence-corrected chi connectivity index (χ1v) is 21.3. The lowest BCUT2D eigenvalue weighted by Gasteiger charge is -2.11. The number of aromatic nitrogens is 3. The van der Waals surface area contributed by atoms with Crippen molar-refractivity contribution in [1.82, 2.24) is 14.5 Å². The Bertz CT molecular complexity index is 4140. The number of rotatable bonds is 5. The molecule has 14 aromatic rings. The van der Waals surface area contributed by atoms with E-state index < -0.39 is 0 Å². The van der Waals surface area contributed by atoms with E-state index in [1.165, 1.54) is 32.3 Å². The fraction of sp³-hybridized carbons (Fsp3) is 0. The molecule has 0 atom stereocenters. The van der Waals surface area contributed by atoms with Gasteiger partial charge in [-0.25, -0.2) is 9.97 Å². The molecule has 0 unspecified atom stereocenters. The van der Waals surface area contributed by atoms with E-state index in [-0.39, 0.29) is 0 Å². The fourth-order valence-electron chi connectivity index (χ4n) is 10.1. The van der Waals surface area contributed by atoms with Crippen molar-refractivity contribution < 1.29 is 8.83 Å². The van der Waals surface area contributed by atoms with E-state index in [9.17, 15) is 0 Å². The molecule has 10 aromatic carbocycles. The van der Waals surface area contributed by atoms with Crippen LogP contribution in [0, 0.1) is 0 Å². The summed E-state index contributed by atoms with van der Waals surface area (Å²) in [6, 6.07) is 70.8. The number of nitrogens with zero attached hydrogens (tertiary/aromatic N) is 3. The summed E-state index contributed by atoms with van der Waals surface area (Å²) in [5.74, 6) is 0.659. The predicted octanol–water partition coefficient (Wildman–Crippen LogP) is 15.8. The minimum atomic E-state index is 0.659. The van der Waals surface area contributed by atoms with Gasteiger partial charge in [0.15, 0.2) is 5.82 Å². The van der Waals surface area contributed by atoms with Gasteiger partial charge in [-0.15, -0.1) is 0 Å². The highest BCUT2D eigenvalue weighted by molar-refractivity contribution is 6.33. The van der Waals surface area contributed by atoms with Crippen molar-refractivity contribution in [3.8, 4) is 50.7 Å². The first-order valence-electron chi connectivity index (χ1n) is 21.3. The molecule has 0 spiro atoms. The summed E-state index contributed by atoms with van der Waals surface area (Å²) in [6.45, 7) is 0. The molecule has 63 heavy (non-hydrogen) atoms. The molecular formula is C58H33N3O2. The quantitative estimate of drug-likeness (QED) is 0.163. The fourth-order valence-corrected chi connectivity index (χ4v) is 10.1. The second-order valence-electron chi connectivity index (χ2n) is 16.5. The van der Waals surface area contributed by atoms with Gasteiger partial charge in [0.25, 0.3) is 0 Å². The Morgan fingerprint density at radius 1 is 0.302 bits per heavy atom. The van der Waals surface area contributed by atoms with Crippen LogP contribution in [0.5, 0.6) is 0 Å². The first-order chi connectivity index (χ1) is 31.2. The van der Waals surface area contributed by atoms with E-state index in [4.69, 9.17) is 18.8 Å². The van der Waals surface area contributed by atoms with Crippen LogP contribution in [0.1, 0.15) is 0 Å². The van der Waals surface area contributed by atoms with E-state index in [1.807, 2.05) is 24.3 Å². The maximum atomic E-state index is 6.34. The second-order valence-corrected chi connectivity index (χ2v) is 16.5. The van der Waals surface area contributed by atoms with Crippen LogP contribution in [0.3, 0.4) is 0 Å². The van der Waals surface area contributed by atoms with Crippen molar-refractivity contribution in [2.24, 2.45) is 0 Å². The molecule has 0 amide bonds. The monoisotopic (exact) mass is 803 g/mol. The maximum Gasteiger partial charge on any atom is 0.160 e. The average Bonchev–Trinajstić information content (AvgIpc) is 4.03. The predicted molar refractivity (Wildman–Crippen MR) is 259 cm³/mol. The van der Waals surface area contributed by atoms with Gasteiger partial charge < -0.3 is 13.4 Å². The number of fused-ring (bicyclic) bond motifs is 9. The summed E-state index contributed by atoms with van der Waals surface area (Å²) in [4.78, 5) is 10.5. The van der Waals surface area contributed by atoms with E-state index in [0.717, 1.165) is 99.8 Å². The zero-order valence-electron chi connectivity index (χ0n) is 33.7. The lowest BCUT2D eigenvalue weighted by Crippen LogP contribution is -1.96. The van der Waals surface area contributed by atoms with E-state index in [0.29, 0.717) is 5.82 Å². The Morgan fingerprint density at radius 3 is 1.59 bits per heavy atom. The zero-order valence-corrected chi connectivity index (χ0v) is 33.7. The third-order valence-corrected chi connectivity index (χ3v) is 13.0. The highest BCUT2D eigenvalue weighted by Crippen LogP contribution is 2.44. The highest BCUT2D eigenvalue weighted by atomic mass is 16.3. The van der Waals surface area contributed by atoms with Crippen molar-refractivity contribution >= 4 is 87.2 Å². The number of para-hydroxylation sites is 2. The largest absolute Gasteiger partial charge is 0.456 e. The van der Waals surface area contributed by atoms with Crippen LogP contribution in [-0.2, 0) is 0 Å². The van der Waals surface area contributed by atoms with Crippen molar-refractivity contribution in [3.63, 3.8) is 0 Å². The van der Waals surface area contributed by atoms with Gasteiger partial charge in [-0.1, -0.05) is 115 Å². The Morgan fingerprint density at radius 2 is 0.825 bits per heavy atom. The number of hydrogen-bond donors (Lipinski definition) is 0. The van der Waals surface area contributed by atoms with Gasteiger partial charge in [-0.05, 0) is 118 Å². The SMILES string of the molecule is c1ccc(-c2cc(-c3ccc4c(c3)oc3ccccc34)nc(-c3ccc4c(c3)c3cc(-c5ccc6c(c5)c5cccc7oc8cccc6c8c75)ccc3n4-c3ccccc3)n2)cc1. The third-order valence-electron chi connectivity index (χ3n) is 13.0.